The molecule has 0 atom stereocenters. The van der Waals surface area contributed by atoms with Crippen LogP contribution in [-0.4, -0.2) is 3.61 Å². The molecule has 0 N–H and O–H groups in total. The second-order valence-electron chi connectivity index (χ2n) is 2.87. The fourth-order valence-corrected chi connectivity index (χ4v) is 1.96. The van der Waals surface area contributed by atoms with Gasteiger partial charge in [0.2, 0.25) is 0 Å². The van der Waals surface area contributed by atoms with Gasteiger partial charge in [0.15, 0.2) is 11.5 Å². The highest BCUT2D eigenvalue weighted by Gasteiger charge is 2.35. The Morgan fingerprint density at radius 1 is 1.21 bits per heavy atom. The molecule has 0 aromatic heterocycles. The van der Waals surface area contributed by atoms with Crippen LogP contribution in [0.2, 0.25) is 0 Å². The highest BCUT2D eigenvalue weighted by molar-refractivity contribution is 9.25. The summed E-state index contributed by atoms with van der Waals surface area (Å²) in [6, 6.07) is 5.79. The molecule has 4 heteroatoms. The van der Waals surface area contributed by atoms with Crippen LogP contribution in [0.1, 0.15) is 12.5 Å². The van der Waals surface area contributed by atoms with Gasteiger partial charge in [-0.1, -0.05) is 18.2 Å². The first-order valence-corrected chi connectivity index (χ1v) is 5.72. The summed E-state index contributed by atoms with van der Waals surface area (Å²) in [4.78, 5) is 0. The van der Waals surface area contributed by atoms with E-state index in [4.69, 9.17) is 9.47 Å². The first kappa shape index (κ1) is 10.1. The topological polar surface area (TPSA) is 18.5 Å². The van der Waals surface area contributed by atoms with E-state index in [0.717, 1.165) is 17.1 Å². The van der Waals surface area contributed by atoms with E-state index in [2.05, 4.69) is 31.9 Å². The van der Waals surface area contributed by atoms with Gasteiger partial charge in [-0.25, -0.2) is 0 Å². The normalized spacial score (nSPS) is 17.6. The quantitative estimate of drug-likeness (QED) is 0.731. The summed E-state index contributed by atoms with van der Waals surface area (Å²) in [5, 5.41) is 0. The lowest BCUT2D eigenvalue weighted by Gasteiger charge is -2.10. The summed E-state index contributed by atoms with van der Waals surface area (Å²) in [5.41, 5.74) is 1.09. The monoisotopic (exact) mass is 318 g/mol. The SMILES string of the molecule is C/C=C/c1ccc2c(c1)OC(Br)(Br)O2. The van der Waals surface area contributed by atoms with Crippen molar-refractivity contribution in [3.05, 3.63) is 29.8 Å². The van der Waals surface area contributed by atoms with Gasteiger partial charge in [-0.3, -0.25) is 0 Å². The van der Waals surface area contributed by atoms with Crippen molar-refractivity contribution in [1.29, 1.82) is 0 Å². The maximum absolute atomic E-state index is 5.46. The fraction of sp³-hybridized carbons (Fsp3) is 0.200. The van der Waals surface area contributed by atoms with Gasteiger partial charge in [0.1, 0.15) is 0 Å². The van der Waals surface area contributed by atoms with Gasteiger partial charge >= 0.3 is 3.61 Å². The average molecular weight is 320 g/mol. The average Bonchev–Trinajstić information content (AvgIpc) is 2.38. The molecular formula is C10H8Br2O2. The van der Waals surface area contributed by atoms with E-state index in [-0.39, 0.29) is 0 Å². The molecule has 0 aliphatic carbocycles. The summed E-state index contributed by atoms with van der Waals surface area (Å²) in [6.45, 7) is 1.98. The zero-order valence-electron chi connectivity index (χ0n) is 7.46. The van der Waals surface area contributed by atoms with Crippen molar-refractivity contribution in [2.45, 2.75) is 10.5 Å². The minimum absolute atomic E-state index is 0.729. The molecule has 1 aliphatic rings. The van der Waals surface area contributed by atoms with Crippen LogP contribution >= 0.6 is 31.9 Å². The van der Waals surface area contributed by atoms with Gasteiger partial charge in [-0.15, -0.1) is 0 Å². The molecule has 0 spiro atoms. The lowest BCUT2D eigenvalue weighted by Crippen LogP contribution is -2.21. The van der Waals surface area contributed by atoms with Gasteiger partial charge < -0.3 is 9.47 Å². The van der Waals surface area contributed by atoms with Crippen LogP contribution in [0.3, 0.4) is 0 Å². The van der Waals surface area contributed by atoms with Crippen LogP contribution < -0.4 is 9.47 Å². The number of alkyl halides is 2. The zero-order valence-corrected chi connectivity index (χ0v) is 10.6. The number of rotatable bonds is 1. The molecule has 0 unspecified atom stereocenters. The second kappa shape index (κ2) is 3.59. The predicted molar refractivity (Wildman–Crippen MR) is 63.0 cm³/mol. The number of halogens is 2. The molecule has 0 bridgehead atoms. The third-order valence-electron chi connectivity index (χ3n) is 1.78. The molecule has 0 amide bonds. The van der Waals surface area contributed by atoms with E-state index in [1.807, 2.05) is 37.3 Å². The molecule has 74 valence electrons. The fourth-order valence-electron chi connectivity index (χ4n) is 1.26. The maximum atomic E-state index is 5.46. The van der Waals surface area contributed by atoms with Crippen LogP contribution in [0.5, 0.6) is 11.5 Å². The Labute approximate surface area is 99.2 Å². The molecule has 1 heterocycles. The lowest BCUT2D eigenvalue weighted by molar-refractivity contribution is 0.115. The Bertz CT molecular complexity index is 386. The van der Waals surface area contributed by atoms with Crippen LogP contribution in [0.4, 0.5) is 0 Å². The molecule has 0 radical (unpaired) electrons. The maximum Gasteiger partial charge on any atom is 0.368 e. The summed E-state index contributed by atoms with van der Waals surface area (Å²) in [7, 11) is 0. The Hall–Kier alpha value is -0.480. The Balaban J connectivity index is 2.35. The predicted octanol–water partition coefficient (Wildman–Crippen LogP) is 3.89. The van der Waals surface area contributed by atoms with E-state index in [1.165, 1.54) is 0 Å². The van der Waals surface area contributed by atoms with Crippen LogP contribution in [0.15, 0.2) is 24.3 Å². The van der Waals surface area contributed by atoms with Crippen molar-refractivity contribution in [3.8, 4) is 11.5 Å². The number of fused-ring (bicyclic) bond motifs is 1. The standard InChI is InChI=1S/C10H8Br2O2/c1-2-3-7-4-5-8-9(6-7)14-10(11,12)13-8/h2-6H,1H3/b3-2+. The molecule has 1 aromatic rings. The third kappa shape index (κ3) is 1.96. The molecule has 1 aliphatic heterocycles. The molecule has 0 fully saturated rings. The van der Waals surface area contributed by atoms with Crippen molar-refractivity contribution in [2.24, 2.45) is 0 Å². The molecule has 14 heavy (non-hydrogen) atoms. The van der Waals surface area contributed by atoms with Crippen molar-refractivity contribution in [2.75, 3.05) is 0 Å². The number of benzene rings is 1. The second-order valence-corrected chi connectivity index (χ2v) is 6.03. The van der Waals surface area contributed by atoms with Crippen molar-refractivity contribution < 1.29 is 9.47 Å². The van der Waals surface area contributed by atoms with Crippen LogP contribution in [-0.2, 0) is 0 Å². The summed E-state index contributed by atoms with van der Waals surface area (Å²) in [5.74, 6) is 1.46. The summed E-state index contributed by atoms with van der Waals surface area (Å²) in [6.07, 6.45) is 3.99. The number of hydrogen-bond donors (Lipinski definition) is 0. The van der Waals surface area contributed by atoms with Gasteiger partial charge in [0.25, 0.3) is 0 Å². The van der Waals surface area contributed by atoms with E-state index in [1.54, 1.807) is 0 Å². The smallest absolute Gasteiger partial charge is 0.368 e. The molecular weight excluding hydrogens is 312 g/mol. The Kier molecular flexibility index (Phi) is 2.58. The highest BCUT2D eigenvalue weighted by atomic mass is 79.9. The van der Waals surface area contributed by atoms with Gasteiger partial charge in [-0.05, 0) is 24.6 Å². The lowest BCUT2D eigenvalue weighted by atomic mass is 10.2. The molecule has 1 aromatic carbocycles. The van der Waals surface area contributed by atoms with E-state index in [0.29, 0.717) is 0 Å². The van der Waals surface area contributed by atoms with Gasteiger partial charge in [0.05, 0.1) is 0 Å². The molecule has 0 saturated heterocycles. The Morgan fingerprint density at radius 2 is 1.93 bits per heavy atom. The van der Waals surface area contributed by atoms with Crippen molar-refractivity contribution in [3.63, 3.8) is 0 Å². The molecule has 2 nitrogen and oxygen atoms in total. The van der Waals surface area contributed by atoms with Crippen LogP contribution in [0, 0.1) is 0 Å². The minimum Gasteiger partial charge on any atom is -0.431 e. The number of allylic oxidation sites excluding steroid dienone is 1. The Morgan fingerprint density at radius 3 is 2.64 bits per heavy atom. The van der Waals surface area contributed by atoms with Crippen molar-refractivity contribution >= 4 is 37.9 Å². The number of ether oxygens (including phenoxy) is 2. The summed E-state index contributed by atoms with van der Waals surface area (Å²) >= 11 is 6.48. The van der Waals surface area contributed by atoms with Crippen molar-refractivity contribution in [1.82, 2.24) is 0 Å². The van der Waals surface area contributed by atoms with Crippen LogP contribution in [0.25, 0.3) is 6.08 Å². The van der Waals surface area contributed by atoms with Gasteiger partial charge in [-0.2, -0.15) is 0 Å². The molecule has 2 rings (SSSR count). The number of hydrogen-bond acceptors (Lipinski definition) is 2. The highest BCUT2D eigenvalue weighted by Crippen LogP contribution is 2.45. The zero-order chi connectivity index (χ0) is 10.2. The minimum atomic E-state index is -0.906. The first-order valence-electron chi connectivity index (χ1n) is 4.13. The third-order valence-corrected chi connectivity index (χ3v) is 2.43. The van der Waals surface area contributed by atoms with E-state index in [9.17, 15) is 0 Å². The summed E-state index contributed by atoms with van der Waals surface area (Å²) < 4.78 is 9.97. The largest absolute Gasteiger partial charge is 0.431 e. The molecule has 0 saturated carbocycles. The van der Waals surface area contributed by atoms with Gasteiger partial charge in [0, 0.05) is 31.9 Å². The van der Waals surface area contributed by atoms with E-state index < -0.39 is 3.61 Å². The first-order chi connectivity index (χ1) is 6.61. The van der Waals surface area contributed by atoms with E-state index >= 15 is 0 Å².